The minimum absolute atomic E-state index is 0.101. The van der Waals surface area contributed by atoms with Crippen molar-refractivity contribution in [1.29, 1.82) is 0 Å². The predicted molar refractivity (Wildman–Crippen MR) is 41.6 cm³/mol. The van der Waals surface area contributed by atoms with Crippen molar-refractivity contribution in [2.75, 3.05) is 0 Å². The summed E-state index contributed by atoms with van der Waals surface area (Å²) in [7, 11) is 0. The lowest BCUT2D eigenvalue weighted by Crippen LogP contribution is -2.17. The third-order valence-corrected chi connectivity index (χ3v) is 1.59. The molecule has 1 nitrogen and oxygen atoms in total. The topological polar surface area (TPSA) is 20.2 Å². The first kappa shape index (κ1) is 9.13. The van der Waals surface area contributed by atoms with Gasteiger partial charge in [0.1, 0.15) is 11.6 Å². The number of hydrogen-bond acceptors (Lipinski definition) is 1. The second kappa shape index (κ2) is 2.83. The molecule has 1 aromatic carbocycles. The average molecular weight is 172 g/mol. The van der Waals surface area contributed by atoms with Crippen LogP contribution in [-0.2, 0) is 5.60 Å². The van der Waals surface area contributed by atoms with E-state index in [9.17, 15) is 13.9 Å². The van der Waals surface area contributed by atoms with E-state index in [0.29, 0.717) is 0 Å². The van der Waals surface area contributed by atoms with Crippen LogP contribution in [0.1, 0.15) is 19.4 Å². The summed E-state index contributed by atoms with van der Waals surface area (Å²) in [6, 6.07) is 3.12. The summed E-state index contributed by atoms with van der Waals surface area (Å²) in [5.74, 6) is -1.36. The summed E-state index contributed by atoms with van der Waals surface area (Å²) in [6.07, 6.45) is 0. The van der Waals surface area contributed by atoms with Crippen molar-refractivity contribution in [2.24, 2.45) is 0 Å². The Morgan fingerprint density at radius 3 is 2.25 bits per heavy atom. The van der Waals surface area contributed by atoms with Gasteiger partial charge in [0.05, 0.1) is 5.60 Å². The molecular formula is C9H10F2O. The average Bonchev–Trinajstić information content (AvgIpc) is 1.83. The third kappa shape index (κ3) is 1.80. The Balaban J connectivity index is 3.19. The molecule has 3 heteroatoms. The lowest BCUT2D eigenvalue weighted by molar-refractivity contribution is 0.0744. The van der Waals surface area contributed by atoms with Crippen LogP contribution in [0.2, 0.25) is 0 Å². The molecule has 0 fully saturated rings. The standard InChI is InChI=1S/C9H10F2O/c1-9(2,12)7-4-3-6(10)5-8(7)11/h3-5,12H,1-2H3. The smallest absolute Gasteiger partial charge is 0.132 e. The number of hydrogen-bond donors (Lipinski definition) is 1. The van der Waals surface area contributed by atoms with Crippen molar-refractivity contribution in [3.63, 3.8) is 0 Å². The van der Waals surface area contributed by atoms with Gasteiger partial charge in [-0.05, 0) is 19.9 Å². The van der Waals surface area contributed by atoms with Gasteiger partial charge in [-0.25, -0.2) is 8.78 Å². The van der Waals surface area contributed by atoms with Crippen LogP contribution in [0.25, 0.3) is 0 Å². The van der Waals surface area contributed by atoms with Crippen LogP contribution in [0.4, 0.5) is 8.78 Å². The molecule has 0 heterocycles. The Bertz CT molecular complexity index is 289. The molecule has 0 saturated carbocycles. The Kier molecular flexibility index (Phi) is 2.15. The van der Waals surface area contributed by atoms with E-state index in [4.69, 9.17) is 0 Å². The molecule has 0 saturated heterocycles. The Morgan fingerprint density at radius 1 is 1.25 bits per heavy atom. The highest BCUT2D eigenvalue weighted by atomic mass is 19.1. The second-order valence-corrected chi connectivity index (χ2v) is 3.18. The summed E-state index contributed by atoms with van der Waals surface area (Å²) < 4.78 is 25.4. The van der Waals surface area contributed by atoms with Gasteiger partial charge in [0.2, 0.25) is 0 Å². The fraction of sp³-hybridized carbons (Fsp3) is 0.333. The molecule has 12 heavy (non-hydrogen) atoms. The van der Waals surface area contributed by atoms with Gasteiger partial charge in [0.15, 0.2) is 0 Å². The van der Waals surface area contributed by atoms with E-state index in [2.05, 4.69) is 0 Å². The molecule has 0 aliphatic rings. The van der Waals surface area contributed by atoms with Gasteiger partial charge >= 0.3 is 0 Å². The molecule has 0 aromatic heterocycles. The lowest BCUT2D eigenvalue weighted by Gasteiger charge is -2.17. The van der Waals surface area contributed by atoms with E-state index in [1.165, 1.54) is 19.9 Å². The molecule has 1 rings (SSSR count). The first-order chi connectivity index (χ1) is 5.41. The van der Waals surface area contributed by atoms with Crippen molar-refractivity contribution < 1.29 is 13.9 Å². The van der Waals surface area contributed by atoms with Crippen LogP contribution in [0.3, 0.4) is 0 Å². The molecule has 0 atom stereocenters. The molecule has 66 valence electrons. The van der Waals surface area contributed by atoms with Gasteiger partial charge in [0.25, 0.3) is 0 Å². The van der Waals surface area contributed by atoms with Gasteiger partial charge in [-0.3, -0.25) is 0 Å². The fourth-order valence-corrected chi connectivity index (χ4v) is 0.986. The molecule has 0 aliphatic heterocycles. The summed E-state index contributed by atoms with van der Waals surface area (Å²) in [6.45, 7) is 2.90. The molecule has 1 aromatic rings. The fourth-order valence-electron chi connectivity index (χ4n) is 0.986. The molecule has 0 amide bonds. The maximum Gasteiger partial charge on any atom is 0.132 e. The van der Waals surface area contributed by atoms with Crippen LogP contribution < -0.4 is 0 Å². The zero-order valence-corrected chi connectivity index (χ0v) is 6.94. The largest absolute Gasteiger partial charge is 0.386 e. The van der Waals surface area contributed by atoms with Gasteiger partial charge in [-0.2, -0.15) is 0 Å². The minimum Gasteiger partial charge on any atom is -0.386 e. The van der Waals surface area contributed by atoms with Crippen LogP contribution in [0, 0.1) is 11.6 Å². The second-order valence-electron chi connectivity index (χ2n) is 3.18. The van der Waals surface area contributed by atoms with E-state index < -0.39 is 17.2 Å². The Morgan fingerprint density at radius 2 is 1.83 bits per heavy atom. The van der Waals surface area contributed by atoms with E-state index in [-0.39, 0.29) is 5.56 Å². The van der Waals surface area contributed by atoms with Crippen LogP contribution in [0.15, 0.2) is 18.2 Å². The van der Waals surface area contributed by atoms with Gasteiger partial charge in [0, 0.05) is 11.6 Å². The number of halogens is 2. The van der Waals surface area contributed by atoms with Crippen molar-refractivity contribution in [1.82, 2.24) is 0 Å². The lowest BCUT2D eigenvalue weighted by atomic mass is 9.98. The van der Waals surface area contributed by atoms with Gasteiger partial charge in [-0.1, -0.05) is 6.07 Å². The predicted octanol–water partition coefficient (Wildman–Crippen LogP) is 2.19. The zero-order valence-electron chi connectivity index (χ0n) is 6.94. The van der Waals surface area contributed by atoms with E-state index in [0.717, 1.165) is 12.1 Å². The molecule has 1 N–H and O–H groups in total. The first-order valence-electron chi connectivity index (χ1n) is 3.59. The monoisotopic (exact) mass is 172 g/mol. The van der Waals surface area contributed by atoms with Crippen molar-refractivity contribution in [3.8, 4) is 0 Å². The summed E-state index contributed by atoms with van der Waals surface area (Å²) in [5, 5.41) is 9.40. The molecule has 0 spiro atoms. The molecular weight excluding hydrogens is 162 g/mol. The highest BCUT2D eigenvalue weighted by Gasteiger charge is 2.20. The van der Waals surface area contributed by atoms with E-state index in [1.54, 1.807) is 0 Å². The molecule has 0 radical (unpaired) electrons. The summed E-state index contributed by atoms with van der Waals surface area (Å²) in [5.41, 5.74) is -1.17. The van der Waals surface area contributed by atoms with Crippen LogP contribution in [0.5, 0.6) is 0 Å². The SMILES string of the molecule is CC(C)(O)c1ccc(F)cc1F. The highest BCUT2D eigenvalue weighted by Crippen LogP contribution is 2.22. The van der Waals surface area contributed by atoms with Gasteiger partial charge in [-0.15, -0.1) is 0 Å². The maximum atomic E-state index is 12.9. The summed E-state index contributed by atoms with van der Waals surface area (Å²) in [4.78, 5) is 0. The minimum atomic E-state index is -1.27. The van der Waals surface area contributed by atoms with Crippen LogP contribution in [-0.4, -0.2) is 5.11 Å². The maximum absolute atomic E-state index is 12.9. The normalized spacial score (nSPS) is 11.8. The van der Waals surface area contributed by atoms with E-state index in [1.807, 2.05) is 0 Å². The van der Waals surface area contributed by atoms with Crippen molar-refractivity contribution in [2.45, 2.75) is 19.4 Å². The molecule has 0 bridgehead atoms. The third-order valence-electron chi connectivity index (χ3n) is 1.59. The first-order valence-corrected chi connectivity index (χ1v) is 3.59. The van der Waals surface area contributed by atoms with Crippen LogP contribution >= 0.6 is 0 Å². The van der Waals surface area contributed by atoms with E-state index >= 15 is 0 Å². The van der Waals surface area contributed by atoms with Crippen molar-refractivity contribution in [3.05, 3.63) is 35.4 Å². The Hall–Kier alpha value is -0.960. The number of rotatable bonds is 1. The highest BCUT2D eigenvalue weighted by molar-refractivity contribution is 5.23. The zero-order chi connectivity index (χ0) is 9.35. The Labute approximate surface area is 69.7 Å². The quantitative estimate of drug-likeness (QED) is 0.688. The van der Waals surface area contributed by atoms with Gasteiger partial charge < -0.3 is 5.11 Å². The molecule has 0 unspecified atom stereocenters. The number of benzene rings is 1. The summed E-state index contributed by atoms with van der Waals surface area (Å²) >= 11 is 0. The van der Waals surface area contributed by atoms with Crippen molar-refractivity contribution >= 4 is 0 Å². The number of aliphatic hydroxyl groups is 1. The molecule has 0 aliphatic carbocycles.